The molecule has 0 radical (unpaired) electrons. The molecular weight excluding hydrogens is 266 g/mol. The molecule has 1 fully saturated rings. The third-order valence-electron chi connectivity index (χ3n) is 3.97. The zero-order valence-electron chi connectivity index (χ0n) is 12.7. The lowest BCUT2D eigenvalue weighted by Gasteiger charge is -2.22. The molecule has 0 saturated heterocycles. The van der Waals surface area contributed by atoms with Crippen LogP contribution in [0.3, 0.4) is 0 Å². The third-order valence-corrected chi connectivity index (χ3v) is 3.97. The first-order chi connectivity index (χ1) is 10.0. The van der Waals surface area contributed by atoms with Crippen LogP contribution < -0.4 is 5.73 Å². The van der Waals surface area contributed by atoms with E-state index in [2.05, 4.69) is 31.1 Å². The average molecular weight is 289 g/mol. The minimum atomic E-state index is 0.117. The highest BCUT2D eigenvalue weighted by atomic mass is 16.4. The number of carbonyl (C=O) groups excluding carboxylic acids is 1. The summed E-state index contributed by atoms with van der Waals surface area (Å²) in [6.07, 6.45) is 2.92. The molecule has 1 aliphatic carbocycles. The summed E-state index contributed by atoms with van der Waals surface area (Å²) in [6, 6.07) is 6.46. The molecular formula is C16H23N3O2. The molecule has 0 unspecified atom stereocenters. The zero-order valence-corrected chi connectivity index (χ0v) is 12.7. The summed E-state index contributed by atoms with van der Waals surface area (Å²) in [4.78, 5) is 14.3. The Kier molecular flexibility index (Phi) is 4.83. The van der Waals surface area contributed by atoms with Gasteiger partial charge in [-0.1, -0.05) is 23.4 Å². The number of carbonyl (C=O) groups is 1. The van der Waals surface area contributed by atoms with E-state index < -0.39 is 0 Å². The van der Waals surface area contributed by atoms with Gasteiger partial charge in [0.25, 0.3) is 0 Å². The Balaban J connectivity index is 1.99. The Morgan fingerprint density at radius 1 is 1.38 bits per heavy atom. The van der Waals surface area contributed by atoms with Gasteiger partial charge in [-0.2, -0.15) is 0 Å². The summed E-state index contributed by atoms with van der Waals surface area (Å²) in [5, 5.41) is 11.6. The van der Waals surface area contributed by atoms with E-state index in [1.54, 1.807) is 0 Å². The van der Waals surface area contributed by atoms with E-state index in [0.29, 0.717) is 25.4 Å². The van der Waals surface area contributed by atoms with E-state index in [9.17, 15) is 4.79 Å². The molecule has 0 heterocycles. The van der Waals surface area contributed by atoms with Gasteiger partial charge in [-0.3, -0.25) is 4.79 Å². The van der Waals surface area contributed by atoms with Crippen LogP contribution in [0.1, 0.15) is 36.0 Å². The number of rotatable bonds is 6. The van der Waals surface area contributed by atoms with Crippen molar-refractivity contribution in [1.82, 2.24) is 4.90 Å². The van der Waals surface area contributed by atoms with Crippen molar-refractivity contribution < 1.29 is 10.0 Å². The molecule has 0 spiro atoms. The highest BCUT2D eigenvalue weighted by Gasteiger charge is 2.32. The Labute approximate surface area is 125 Å². The summed E-state index contributed by atoms with van der Waals surface area (Å²) in [7, 11) is 0. The van der Waals surface area contributed by atoms with Crippen molar-refractivity contribution in [3.05, 3.63) is 34.9 Å². The van der Waals surface area contributed by atoms with E-state index in [1.165, 1.54) is 11.1 Å². The number of amides is 1. The Morgan fingerprint density at radius 2 is 2.10 bits per heavy atom. The van der Waals surface area contributed by atoms with E-state index in [4.69, 9.17) is 10.9 Å². The maximum Gasteiger partial charge on any atom is 0.227 e. The van der Waals surface area contributed by atoms with Crippen molar-refractivity contribution >= 4 is 11.7 Å². The fourth-order valence-electron chi connectivity index (χ4n) is 2.37. The minimum absolute atomic E-state index is 0.117. The fourth-order valence-corrected chi connectivity index (χ4v) is 2.37. The molecule has 1 aliphatic rings. The molecule has 5 nitrogen and oxygen atoms in total. The van der Waals surface area contributed by atoms with Crippen LogP contribution in [0.15, 0.2) is 23.4 Å². The van der Waals surface area contributed by atoms with Gasteiger partial charge in [0.2, 0.25) is 5.91 Å². The number of amidine groups is 1. The van der Waals surface area contributed by atoms with E-state index in [1.807, 2.05) is 11.0 Å². The summed E-state index contributed by atoms with van der Waals surface area (Å²) in [6.45, 7) is 4.64. The lowest BCUT2D eigenvalue weighted by Crippen LogP contribution is -2.36. The van der Waals surface area contributed by atoms with Crippen molar-refractivity contribution in [3.63, 3.8) is 0 Å². The largest absolute Gasteiger partial charge is 0.409 e. The van der Waals surface area contributed by atoms with Crippen LogP contribution in [0.5, 0.6) is 0 Å². The SMILES string of the molecule is Cc1ccc(CC(=O)N(CCC(N)=NO)C2CC2)cc1C. The molecule has 21 heavy (non-hydrogen) atoms. The van der Waals surface area contributed by atoms with Crippen LogP contribution in [0, 0.1) is 13.8 Å². The summed E-state index contributed by atoms with van der Waals surface area (Å²) < 4.78 is 0. The van der Waals surface area contributed by atoms with Crippen molar-refractivity contribution in [2.45, 2.75) is 45.6 Å². The normalized spacial score (nSPS) is 15.0. The quantitative estimate of drug-likeness (QED) is 0.364. The van der Waals surface area contributed by atoms with E-state index in [0.717, 1.165) is 18.4 Å². The number of aryl methyl sites for hydroxylation is 2. The molecule has 0 atom stereocenters. The molecule has 114 valence electrons. The number of hydrogen-bond donors (Lipinski definition) is 2. The minimum Gasteiger partial charge on any atom is -0.409 e. The van der Waals surface area contributed by atoms with Gasteiger partial charge < -0.3 is 15.8 Å². The average Bonchev–Trinajstić information content (AvgIpc) is 3.27. The maximum absolute atomic E-state index is 12.5. The lowest BCUT2D eigenvalue weighted by atomic mass is 10.0. The van der Waals surface area contributed by atoms with Crippen molar-refractivity contribution in [2.24, 2.45) is 10.9 Å². The van der Waals surface area contributed by atoms with Crippen LogP contribution in [0.2, 0.25) is 0 Å². The zero-order chi connectivity index (χ0) is 15.4. The monoisotopic (exact) mass is 289 g/mol. The molecule has 1 saturated carbocycles. The number of benzene rings is 1. The third kappa shape index (κ3) is 4.21. The number of nitrogens with zero attached hydrogens (tertiary/aromatic N) is 2. The highest BCUT2D eigenvalue weighted by molar-refractivity contribution is 5.82. The molecule has 0 aliphatic heterocycles. The maximum atomic E-state index is 12.5. The number of hydrogen-bond acceptors (Lipinski definition) is 3. The number of oxime groups is 1. The first kappa shape index (κ1) is 15.4. The van der Waals surface area contributed by atoms with Crippen LogP contribution in [-0.4, -0.2) is 34.4 Å². The lowest BCUT2D eigenvalue weighted by molar-refractivity contribution is -0.130. The molecule has 3 N–H and O–H groups in total. The standard InChI is InChI=1S/C16H23N3O2/c1-11-3-4-13(9-12(11)2)10-16(20)19(14-5-6-14)8-7-15(17)18-21/h3-4,9,14,21H,5-8,10H2,1-2H3,(H2,17,18). The summed E-state index contributed by atoms with van der Waals surface area (Å²) in [5.41, 5.74) is 8.97. The van der Waals surface area contributed by atoms with Crippen molar-refractivity contribution in [3.8, 4) is 0 Å². The predicted octanol–water partition coefficient (Wildman–Crippen LogP) is 1.97. The molecule has 0 bridgehead atoms. The van der Waals surface area contributed by atoms with Gasteiger partial charge in [-0.15, -0.1) is 0 Å². The molecule has 1 aromatic carbocycles. The van der Waals surface area contributed by atoms with Gasteiger partial charge in [-0.05, 0) is 43.4 Å². The van der Waals surface area contributed by atoms with Gasteiger partial charge >= 0.3 is 0 Å². The number of nitrogens with two attached hydrogens (primary N) is 1. The topological polar surface area (TPSA) is 78.9 Å². The smallest absolute Gasteiger partial charge is 0.227 e. The fraction of sp³-hybridized carbons (Fsp3) is 0.500. The van der Waals surface area contributed by atoms with Crippen molar-refractivity contribution in [1.29, 1.82) is 0 Å². The van der Waals surface area contributed by atoms with Gasteiger partial charge in [0.05, 0.1) is 6.42 Å². The first-order valence-corrected chi connectivity index (χ1v) is 7.33. The first-order valence-electron chi connectivity index (χ1n) is 7.33. The van der Waals surface area contributed by atoms with Crippen LogP contribution in [0.25, 0.3) is 0 Å². The Bertz CT molecular complexity index is 550. The second kappa shape index (κ2) is 6.61. The van der Waals surface area contributed by atoms with Gasteiger partial charge in [-0.25, -0.2) is 0 Å². The van der Waals surface area contributed by atoms with Gasteiger partial charge in [0.15, 0.2) is 0 Å². The van der Waals surface area contributed by atoms with Crippen molar-refractivity contribution in [2.75, 3.05) is 6.54 Å². The second-order valence-electron chi connectivity index (χ2n) is 5.76. The van der Waals surface area contributed by atoms with Crippen LogP contribution in [-0.2, 0) is 11.2 Å². The molecule has 0 aromatic heterocycles. The van der Waals surface area contributed by atoms with E-state index in [-0.39, 0.29) is 11.7 Å². The van der Waals surface area contributed by atoms with Crippen LogP contribution in [0.4, 0.5) is 0 Å². The summed E-state index contributed by atoms with van der Waals surface area (Å²) >= 11 is 0. The molecule has 2 rings (SSSR count). The predicted molar refractivity (Wildman–Crippen MR) is 82.4 cm³/mol. The summed E-state index contributed by atoms with van der Waals surface area (Å²) in [5.74, 6) is 0.283. The molecule has 1 aromatic rings. The van der Waals surface area contributed by atoms with Gasteiger partial charge in [0, 0.05) is 19.0 Å². The molecule has 1 amide bonds. The Hall–Kier alpha value is -2.04. The van der Waals surface area contributed by atoms with Gasteiger partial charge in [0.1, 0.15) is 5.84 Å². The second-order valence-corrected chi connectivity index (χ2v) is 5.76. The van der Waals surface area contributed by atoms with E-state index >= 15 is 0 Å². The highest BCUT2D eigenvalue weighted by Crippen LogP contribution is 2.27. The Morgan fingerprint density at radius 3 is 2.67 bits per heavy atom. The molecule has 5 heteroatoms. The van der Waals surface area contributed by atoms with Crippen LogP contribution >= 0.6 is 0 Å².